The zero-order valence-corrected chi connectivity index (χ0v) is 7.01. The summed E-state index contributed by atoms with van der Waals surface area (Å²) >= 11 is 0. The first-order valence-corrected chi connectivity index (χ1v) is 2.76. The molecule has 0 unspecified atom stereocenters. The Morgan fingerprint density at radius 2 is 0.882 bits per heavy atom. The maximum absolute atomic E-state index is 9.01. The van der Waals surface area contributed by atoms with Crippen LogP contribution < -0.4 is 0 Å². The van der Waals surface area contributed by atoms with E-state index >= 15 is 0 Å². The van der Waals surface area contributed by atoms with Crippen molar-refractivity contribution in [3.05, 3.63) is 0 Å². The van der Waals surface area contributed by atoms with Crippen molar-refractivity contribution in [1.29, 1.82) is 5.26 Å². The second-order valence-corrected chi connectivity index (χ2v) is 1.45. The van der Waals surface area contributed by atoms with Gasteiger partial charge in [-0.25, -0.2) is 4.79 Å². The van der Waals surface area contributed by atoms with Gasteiger partial charge in [0, 0.05) is 13.8 Å². The van der Waals surface area contributed by atoms with Gasteiger partial charge in [-0.05, 0) is 0 Å². The van der Waals surface area contributed by atoms with Gasteiger partial charge >= 0.3 is 124 Å². The molecule has 0 saturated carbocycles. The first-order valence-electron chi connectivity index (χ1n) is 2.76. The number of carboxylic acid groups (broad SMARTS) is 3. The first-order chi connectivity index (χ1) is 5.73. The molecule has 0 aliphatic carbocycles. The predicted molar refractivity (Wildman–Crippen MR) is 68.5 cm³/mol. The van der Waals surface area contributed by atoms with Gasteiger partial charge in [-0.1, -0.05) is 0 Å². The molecule has 0 spiro atoms. The summed E-state index contributed by atoms with van der Waals surface area (Å²) in [6.07, 6.45) is 0. The van der Waals surface area contributed by atoms with Gasteiger partial charge in [0.05, 0.1) is 0 Å². The summed E-state index contributed by atoms with van der Waals surface area (Å²) in [6.45, 7) is 2.17. The molecule has 0 saturated heterocycles. The zero-order chi connectivity index (χ0) is 11.4. The average molecular weight is 287 g/mol. The van der Waals surface area contributed by atoms with Crippen LogP contribution in [0.5, 0.6) is 0 Å². The number of rotatable bonds is 0. The number of hydrogen-bond acceptors (Lipinski definition) is 4. The summed E-state index contributed by atoms with van der Waals surface area (Å²) in [5, 5.41) is 29.5. The number of carbonyl (C=O) groups is 3. The third-order valence-electron chi connectivity index (χ3n) is 0.0956. The van der Waals surface area contributed by atoms with E-state index in [4.69, 9.17) is 35.0 Å². The summed E-state index contributed by atoms with van der Waals surface area (Å²) in [6, 6.07) is 0.944. The minimum absolute atomic E-state index is 0. The molecule has 0 radical (unpaired) electrons. The number of hydrogen-bond donors (Lipinski definition) is 3. The molecular weight excluding hydrogens is 274 g/mol. The van der Waals surface area contributed by atoms with E-state index in [2.05, 4.69) is 0 Å². The van der Waals surface area contributed by atoms with Gasteiger partial charge in [0.2, 0.25) is 0 Å². The molecular formula is C6H13NNa4O6. The second kappa shape index (κ2) is 36.1. The Hall–Kier alpha value is 1.90. The quantitative estimate of drug-likeness (QED) is 0.248. The summed E-state index contributed by atoms with van der Waals surface area (Å²) in [5.41, 5.74) is 0. The number of nitriles is 1. The third kappa shape index (κ3) is 298. The Morgan fingerprint density at radius 1 is 0.824 bits per heavy atom. The van der Waals surface area contributed by atoms with Crippen LogP contribution in [0.1, 0.15) is 13.8 Å². The standard InChI is InChI=1S/C2HNO2.2C2H4O2.4Na.4H/c3-1-2(4)5;2*1-2(3)4;;;;;;;;/h(H,4,5);2*1H3,(H,3,4);;;;;;;;. The minimum atomic E-state index is -1.44. The fourth-order valence-electron chi connectivity index (χ4n) is 0. The molecule has 7 nitrogen and oxygen atoms in total. The van der Waals surface area contributed by atoms with Crippen LogP contribution in [0, 0.1) is 11.3 Å². The van der Waals surface area contributed by atoms with Crippen LogP contribution in [-0.4, -0.2) is 151 Å². The second-order valence-electron chi connectivity index (χ2n) is 1.45. The fourth-order valence-corrected chi connectivity index (χ4v) is 0. The van der Waals surface area contributed by atoms with Crippen LogP contribution in [0.3, 0.4) is 0 Å². The Bertz CT molecular complexity index is 209. The van der Waals surface area contributed by atoms with Gasteiger partial charge in [0.15, 0.2) is 6.07 Å². The van der Waals surface area contributed by atoms with Crippen molar-refractivity contribution >= 4 is 136 Å². The zero-order valence-electron chi connectivity index (χ0n) is 7.01. The van der Waals surface area contributed by atoms with Crippen LogP contribution in [-0.2, 0) is 14.4 Å². The molecule has 3 N–H and O–H groups in total. The van der Waals surface area contributed by atoms with E-state index in [-0.39, 0.29) is 118 Å². The molecule has 0 aliphatic heterocycles. The molecule has 0 amide bonds. The van der Waals surface area contributed by atoms with Gasteiger partial charge in [-0.15, -0.1) is 0 Å². The summed E-state index contributed by atoms with van der Waals surface area (Å²) in [5.74, 6) is -3.11. The topological polar surface area (TPSA) is 136 Å². The van der Waals surface area contributed by atoms with Gasteiger partial charge in [0.1, 0.15) is 0 Å². The fraction of sp³-hybridized carbons (Fsp3) is 0.333. The average Bonchev–Trinajstić information content (AvgIpc) is 1.84. The number of nitrogens with zero attached hydrogens (tertiary/aromatic N) is 1. The third-order valence-corrected chi connectivity index (χ3v) is 0.0956. The van der Waals surface area contributed by atoms with Crippen molar-refractivity contribution in [3.8, 4) is 6.07 Å². The number of aliphatic carboxylic acids is 3. The van der Waals surface area contributed by atoms with E-state index in [9.17, 15) is 0 Å². The maximum atomic E-state index is 9.01. The van der Waals surface area contributed by atoms with E-state index in [1.54, 1.807) is 0 Å². The van der Waals surface area contributed by atoms with Gasteiger partial charge in [-0.2, -0.15) is 5.26 Å². The van der Waals surface area contributed by atoms with Crippen molar-refractivity contribution in [2.45, 2.75) is 13.8 Å². The van der Waals surface area contributed by atoms with Crippen molar-refractivity contribution in [2.75, 3.05) is 0 Å². The molecule has 17 heavy (non-hydrogen) atoms. The Labute approximate surface area is 187 Å². The summed E-state index contributed by atoms with van der Waals surface area (Å²) in [4.78, 5) is 27.0. The van der Waals surface area contributed by atoms with E-state index in [0.717, 1.165) is 19.9 Å². The molecule has 0 bridgehead atoms. The SMILES string of the molecule is CC(=O)O.CC(=O)O.N#CC(=O)O.[NaH].[NaH].[NaH].[NaH]. The Morgan fingerprint density at radius 3 is 0.882 bits per heavy atom. The van der Waals surface area contributed by atoms with Crippen molar-refractivity contribution < 1.29 is 29.7 Å². The van der Waals surface area contributed by atoms with Gasteiger partial charge in [0.25, 0.3) is 11.9 Å². The van der Waals surface area contributed by atoms with E-state index < -0.39 is 17.9 Å². The Kier molecular flexibility index (Phi) is 90.8. The summed E-state index contributed by atoms with van der Waals surface area (Å²) in [7, 11) is 0. The Balaban J connectivity index is -0.0000000159. The summed E-state index contributed by atoms with van der Waals surface area (Å²) < 4.78 is 0. The molecule has 82 valence electrons. The first kappa shape index (κ1) is 42.8. The van der Waals surface area contributed by atoms with E-state index in [1.807, 2.05) is 0 Å². The van der Waals surface area contributed by atoms with Crippen LogP contribution in [0.15, 0.2) is 0 Å². The molecule has 0 aliphatic rings. The van der Waals surface area contributed by atoms with Crippen LogP contribution in [0.4, 0.5) is 0 Å². The van der Waals surface area contributed by atoms with Crippen LogP contribution >= 0.6 is 0 Å². The molecule has 0 rings (SSSR count). The van der Waals surface area contributed by atoms with Gasteiger partial charge < -0.3 is 15.3 Å². The molecule has 0 fully saturated rings. The van der Waals surface area contributed by atoms with E-state index in [0.29, 0.717) is 0 Å². The molecule has 0 aromatic carbocycles. The van der Waals surface area contributed by atoms with Crippen LogP contribution in [0.25, 0.3) is 0 Å². The van der Waals surface area contributed by atoms with Crippen molar-refractivity contribution in [1.82, 2.24) is 0 Å². The molecule has 0 heterocycles. The molecule has 0 aromatic heterocycles. The normalized spacial score (nSPS) is 4.53. The van der Waals surface area contributed by atoms with Gasteiger partial charge in [-0.3, -0.25) is 9.59 Å². The van der Waals surface area contributed by atoms with E-state index in [1.165, 1.54) is 0 Å². The monoisotopic (exact) mass is 287 g/mol. The van der Waals surface area contributed by atoms with Crippen molar-refractivity contribution in [3.63, 3.8) is 0 Å². The molecule has 0 atom stereocenters. The molecule has 11 heteroatoms. The van der Waals surface area contributed by atoms with Crippen molar-refractivity contribution in [2.24, 2.45) is 0 Å². The van der Waals surface area contributed by atoms with Crippen LogP contribution in [0.2, 0.25) is 0 Å². The number of carboxylic acids is 3. The predicted octanol–water partition coefficient (Wildman–Crippen LogP) is -2.82. The molecule has 0 aromatic rings.